The summed E-state index contributed by atoms with van der Waals surface area (Å²) in [5, 5.41) is 1.56. The van der Waals surface area contributed by atoms with E-state index in [1.54, 1.807) is 0 Å². The van der Waals surface area contributed by atoms with Crippen LogP contribution in [0.15, 0.2) is 35.2 Å². The normalized spacial score (nSPS) is 11.5. The van der Waals surface area contributed by atoms with Crippen molar-refractivity contribution >= 4 is 20.9 Å². The number of benzene rings is 2. The molecule has 0 N–H and O–H groups in total. The van der Waals surface area contributed by atoms with Gasteiger partial charge in [-0.25, -0.2) is 8.42 Å². The topological polar surface area (TPSA) is 66.4 Å². The number of aryl methyl sites for hydroxylation is 1. The zero-order valence-electron chi connectivity index (χ0n) is 19.6. The number of fused-ring (bicyclic) bond motifs is 1. The minimum Gasteiger partial charge on any atom is -0.744 e. The molecule has 2 aromatic carbocycles. The first-order valence-corrected chi connectivity index (χ1v) is 12.9. The van der Waals surface area contributed by atoms with Crippen LogP contribution in [0.4, 0.5) is 0 Å². The fourth-order valence-corrected chi connectivity index (χ4v) is 4.51. The molecule has 2 rings (SSSR count). The van der Waals surface area contributed by atoms with Gasteiger partial charge in [0.2, 0.25) is 0 Å². The molecule has 0 fully saturated rings. The Hall–Kier alpha value is -0.590. The fourth-order valence-electron chi connectivity index (χ4n) is 3.98. The second kappa shape index (κ2) is 15.3. The maximum Gasteiger partial charge on any atom is 1.00 e. The second-order valence-electron chi connectivity index (χ2n) is 8.27. The van der Waals surface area contributed by atoms with E-state index in [1.165, 1.54) is 95.4 Å². The molecule has 4 nitrogen and oxygen atoms in total. The average molecular weight is 457 g/mol. The zero-order chi connectivity index (χ0) is 21.8. The molecule has 0 unspecified atom stereocenters. The Morgan fingerprint density at radius 3 is 1.87 bits per heavy atom. The van der Waals surface area contributed by atoms with Gasteiger partial charge in [0.1, 0.15) is 15.9 Å². The Morgan fingerprint density at radius 1 is 0.806 bits per heavy atom. The largest absolute Gasteiger partial charge is 1.00 e. The molecule has 0 saturated carbocycles. The SMILES string of the molecule is CCCCCCCCCCCCCCc1ccc2cc(S(=O)(=O)[O-])cc(OC)c2c1.[Na+]. The van der Waals surface area contributed by atoms with Crippen LogP contribution < -0.4 is 34.3 Å². The van der Waals surface area contributed by atoms with Crippen molar-refractivity contribution in [2.24, 2.45) is 0 Å². The predicted molar refractivity (Wildman–Crippen MR) is 123 cm³/mol. The van der Waals surface area contributed by atoms with Crippen LogP contribution in [0.1, 0.15) is 89.5 Å². The molecule has 0 heterocycles. The van der Waals surface area contributed by atoms with Gasteiger partial charge in [-0.2, -0.15) is 0 Å². The predicted octanol–water partition coefficient (Wildman–Crippen LogP) is 4.00. The summed E-state index contributed by atoms with van der Waals surface area (Å²) in [6, 6.07) is 8.68. The third kappa shape index (κ3) is 10.3. The molecular weight excluding hydrogens is 419 g/mol. The molecular formula is C25H37NaO4S. The van der Waals surface area contributed by atoms with E-state index in [1.807, 2.05) is 18.2 Å². The molecule has 0 radical (unpaired) electrons. The van der Waals surface area contributed by atoms with Gasteiger partial charge in [0.05, 0.1) is 12.0 Å². The second-order valence-corrected chi connectivity index (χ2v) is 9.65. The minimum atomic E-state index is -4.50. The molecule has 0 aliphatic carbocycles. The van der Waals surface area contributed by atoms with Crippen LogP contribution in [-0.4, -0.2) is 20.1 Å². The molecule has 0 aromatic heterocycles. The van der Waals surface area contributed by atoms with Gasteiger partial charge in [-0.15, -0.1) is 0 Å². The van der Waals surface area contributed by atoms with Gasteiger partial charge >= 0.3 is 29.6 Å². The first kappa shape index (κ1) is 28.4. The van der Waals surface area contributed by atoms with Gasteiger partial charge in [0.15, 0.2) is 0 Å². The Labute approximate surface area is 211 Å². The number of methoxy groups -OCH3 is 1. The van der Waals surface area contributed by atoms with Crippen molar-refractivity contribution in [2.45, 2.75) is 95.3 Å². The standard InChI is InChI=1S/C25H38O4S.Na/c1-3-4-5-6-7-8-9-10-11-12-13-14-15-21-16-17-22-19-23(30(26,27)28)20-25(29-2)24(22)18-21;/h16-20H,3-15H2,1-2H3,(H,26,27,28);/q;+1/p-1. The van der Waals surface area contributed by atoms with Crippen molar-refractivity contribution in [3.8, 4) is 5.75 Å². The smallest absolute Gasteiger partial charge is 0.744 e. The van der Waals surface area contributed by atoms with E-state index in [0.717, 1.165) is 18.2 Å². The number of hydrogen-bond donors (Lipinski definition) is 0. The third-order valence-electron chi connectivity index (χ3n) is 5.78. The summed E-state index contributed by atoms with van der Waals surface area (Å²) in [7, 11) is -3.01. The van der Waals surface area contributed by atoms with Crippen molar-refractivity contribution in [2.75, 3.05) is 7.11 Å². The molecule has 0 spiro atoms. The van der Waals surface area contributed by atoms with E-state index in [9.17, 15) is 13.0 Å². The fraction of sp³-hybridized carbons (Fsp3) is 0.600. The minimum absolute atomic E-state index is 0. The van der Waals surface area contributed by atoms with E-state index >= 15 is 0 Å². The summed E-state index contributed by atoms with van der Waals surface area (Å²) >= 11 is 0. The van der Waals surface area contributed by atoms with Crippen molar-refractivity contribution < 1.29 is 47.3 Å². The molecule has 0 aliphatic heterocycles. The van der Waals surface area contributed by atoms with Crippen LogP contribution in [0.3, 0.4) is 0 Å². The maximum absolute atomic E-state index is 11.3. The molecule has 0 amide bonds. The van der Waals surface area contributed by atoms with Gasteiger partial charge < -0.3 is 9.29 Å². The summed E-state index contributed by atoms with van der Waals surface area (Å²) in [6.45, 7) is 2.26. The Balaban J connectivity index is 0.00000480. The molecule has 0 bridgehead atoms. The molecule has 2 aromatic rings. The number of hydrogen-bond acceptors (Lipinski definition) is 4. The first-order chi connectivity index (χ1) is 14.5. The molecule has 0 atom stereocenters. The van der Waals surface area contributed by atoms with Crippen molar-refractivity contribution in [1.82, 2.24) is 0 Å². The molecule has 168 valence electrons. The average Bonchev–Trinajstić information content (AvgIpc) is 2.73. The maximum atomic E-state index is 11.3. The molecule has 31 heavy (non-hydrogen) atoms. The van der Waals surface area contributed by atoms with Crippen LogP contribution in [-0.2, 0) is 16.5 Å². The van der Waals surface area contributed by atoms with Crippen LogP contribution in [0.5, 0.6) is 5.75 Å². The number of ether oxygens (including phenoxy) is 1. The monoisotopic (exact) mass is 456 g/mol. The summed E-state index contributed by atoms with van der Waals surface area (Å²) in [6.07, 6.45) is 17.0. The van der Waals surface area contributed by atoms with E-state index in [0.29, 0.717) is 11.1 Å². The van der Waals surface area contributed by atoms with Crippen LogP contribution in [0, 0.1) is 0 Å². The van der Waals surface area contributed by atoms with Crippen LogP contribution >= 0.6 is 0 Å². The van der Waals surface area contributed by atoms with Gasteiger partial charge in [0.25, 0.3) is 0 Å². The Morgan fingerprint density at radius 2 is 1.35 bits per heavy atom. The van der Waals surface area contributed by atoms with Gasteiger partial charge in [-0.05, 0) is 42.0 Å². The van der Waals surface area contributed by atoms with Crippen molar-refractivity contribution in [3.05, 3.63) is 35.9 Å². The number of unbranched alkanes of at least 4 members (excludes halogenated alkanes) is 11. The summed E-state index contributed by atoms with van der Waals surface area (Å²) in [5.41, 5.74) is 1.21. The molecule has 0 aliphatic rings. The van der Waals surface area contributed by atoms with Crippen LogP contribution in [0.25, 0.3) is 10.8 Å². The Kier molecular flexibility index (Phi) is 14.0. The van der Waals surface area contributed by atoms with E-state index < -0.39 is 10.1 Å². The summed E-state index contributed by atoms with van der Waals surface area (Å²) in [4.78, 5) is -0.249. The van der Waals surface area contributed by atoms with Gasteiger partial charge in [-0.1, -0.05) is 89.7 Å². The van der Waals surface area contributed by atoms with Crippen molar-refractivity contribution in [3.63, 3.8) is 0 Å². The van der Waals surface area contributed by atoms with Crippen molar-refractivity contribution in [1.29, 1.82) is 0 Å². The van der Waals surface area contributed by atoms with Crippen LogP contribution in [0.2, 0.25) is 0 Å². The summed E-state index contributed by atoms with van der Waals surface area (Å²) < 4.78 is 39.4. The Bertz CT molecular complexity index is 880. The molecule has 6 heteroatoms. The van der Waals surface area contributed by atoms with E-state index in [2.05, 4.69) is 6.92 Å². The van der Waals surface area contributed by atoms with Gasteiger partial charge in [-0.3, -0.25) is 0 Å². The zero-order valence-corrected chi connectivity index (χ0v) is 22.4. The first-order valence-electron chi connectivity index (χ1n) is 11.5. The summed E-state index contributed by atoms with van der Waals surface area (Å²) in [5.74, 6) is 0.429. The van der Waals surface area contributed by atoms with E-state index in [-0.39, 0.29) is 34.5 Å². The van der Waals surface area contributed by atoms with E-state index in [4.69, 9.17) is 4.74 Å². The van der Waals surface area contributed by atoms with Gasteiger partial charge in [0, 0.05) is 5.39 Å². The molecule has 0 saturated heterocycles. The quantitative estimate of drug-likeness (QED) is 0.231. The third-order valence-corrected chi connectivity index (χ3v) is 6.59. The number of rotatable bonds is 15.